The lowest BCUT2D eigenvalue weighted by Crippen LogP contribution is -2.16. The summed E-state index contributed by atoms with van der Waals surface area (Å²) in [7, 11) is -4.34. The van der Waals surface area contributed by atoms with Gasteiger partial charge in [0.2, 0.25) is 5.95 Å². The Morgan fingerprint density at radius 2 is 1.91 bits per heavy atom. The maximum Gasteiger partial charge on any atom is 0.265 e. The summed E-state index contributed by atoms with van der Waals surface area (Å²) in [6.07, 6.45) is 1.45. The molecule has 0 atom stereocenters. The highest BCUT2D eigenvalue weighted by molar-refractivity contribution is 7.92. The van der Waals surface area contributed by atoms with E-state index in [1.165, 1.54) is 24.4 Å². The van der Waals surface area contributed by atoms with Crippen molar-refractivity contribution in [3.8, 4) is 11.8 Å². The second kappa shape index (κ2) is 8.74. The Morgan fingerprint density at radius 3 is 2.69 bits per heavy atom. The van der Waals surface area contributed by atoms with E-state index < -0.39 is 26.7 Å². The lowest BCUT2D eigenvalue weighted by atomic mass is 10.1. The van der Waals surface area contributed by atoms with Crippen LogP contribution in [0.2, 0.25) is 0 Å². The molecule has 3 N–H and O–H groups in total. The summed E-state index contributed by atoms with van der Waals surface area (Å²) >= 11 is 0. The number of rotatable bonds is 5. The fraction of sp³-hybridized carbons (Fsp3) is 0.0909. The summed E-state index contributed by atoms with van der Waals surface area (Å²) in [4.78, 5) is 2.85. The third kappa shape index (κ3) is 4.44. The van der Waals surface area contributed by atoms with E-state index in [0.717, 1.165) is 23.3 Å². The van der Waals surface area contributed by atoms with E-state index in [0.29, 0.717) is 17.4 Å². The van der Waals surface area contributed by atoms with E-state index in [2.05, 4.69) is 26.6 Å². The number of halogens is 2. The van der Waals surface area contributed by atoms with Gasteiger partial charge in [0, 0.05) is 17.0 Å². The van der Waals surface area contributed by atoms with E-state index in [4.69, 9.17) is 5.73 Å². The van der Waals surface area contributed by atoms with Crippen molar-refractivity contribution in [1.29, 1.82) is 0 Å². The van der Waals surface area contributed by atoms with Crippen molar-refractivity contribution in [2.45, 2.75) is 11.4 Å². The molecule has 2 aromatic carbocycles. The Balaban J connectivity index is 1.69. The van der Waals surface area contributed by atoms with Gasteiger partial charge in [0.15, 0.2) is 0 Å². The van der Waals surface area contributed by atoms with Gasteiger partial charge < -0.3 is 5.73 Å². The SMILES string of the molecule is NCC#Cc1ccccc1Cn1ncc2cc(S(=O)(=O)Nc3cccc(F)n3)c(F)cc21. The Kier molecular flexibility index (Phi) is 5.85. The summed E-state index contributed by atoms with van der Waals surface area (Å²) < 4.78 is 57.1. The molecule has 0 fully saturated rings. The summed E-state index contributed by atoms with van der Waals surface area (Å²) in [5.74, 6) is 3.71. The molecule has 0 spiro atoms. The largest absolute Gasteiger partial charge is 0.320 e. The first kappa shape index (κ1) is 21.4. The van der Waals surface area contributed by atoms with Crippen molar-refractivity contribution < 1.29 is 17.2 Å². The first-order valence-electron chi connectivity index (χ1n) is 9.44. The van der Waals surface area contributed by atoms with Crippen molar-refractivity contribution in [1.82, 2.24) is 14.8 Å². The smallest absolute Gasteiger partial charge is 0.265 e. The molecule has 32 heavy (non-hydrogen) atoms. The van der Waals surface area contributed by atoms with Crippen LogP contribution in [0.3, 0.4) is 0 Å². The zero-order valence-corrected chi connectivity index (χ0v) is 17.4. The van der Waals surface area contributed by atoms with Crippen LogP contribution in [0.4, 0.5) is 14.6 Å². The molecule has 2 heterocycles. The zero-order valence-electron chi connectivity index (χ0n) is 16.6. The number of pyridine rings is 1. The molecule has 0 radical (unpaired) electrons. The quantitative estimate of drug-likeness (QED) is 0.357. The standard InChI is InChI=1S/C22H17F2N5O2S/c23-18-12-19-17(11-20(18)32(30,31)28-22-9-3-8-21(24)27-22)13-26-29(19)14-16-6-2-1-5-15(16)7-4-10-25/h1-3,5-6,8-9,11-13H,10,14,25H2,(H,27,28). The number of nitrogens with two attached hydrogens (primary N) is 1. The van der Waals surface area contributed by atoms with E-state index in [1.807, 2.05) is 24.3 Å². The van der Waals surface area contributed by atoms with E-state index >= 15 is 0 Å². The number of hydrogen-bond donors (Lipinski definition) is 2. The highest BCUT2D eigenvalue weighted by Gasteiger charge is 2.22. The van der Waals surface area contributed by atoms with Crippen LogP contribution in [0, 0.1) is 23.6 Å². The highest BCUT2D eigenvalue weighted by atomic mass is 32.2. The Labute approximate surface area is 182 Å². The molecule has 0 saturated carbocycles. The van der Waals surface area contributed by atoms with Crippen LogP contribution in [0.25, 0.3) is 10.9 Å². The Bertz CT molecular complexity index is 1470. The van der Waals surface area contributed by atoms with E-state index in [9.17, 15) is 17.2 Å². The minimum atomic E-state index is -4.34. The number of anilines is 1. The second-order valence-electron chi connectivity index (χ2n) is 6.76. The van der Waals surface area contributed by atoms with Gasteiger partial charge in [0.25, 0.3) is 10.0 Å². The van der Waals surface area contributed by atoms with Gasteiger partial charge in [-0.3, -0.25) is 9.40 Å². The summed E-state index contributed by atoms with van der Waals surface area (Å²) in [5, 5.41) is 4.69. The molecule has 0 aliphatic rings. The molecule has 0 amide bonds. The van der Waals surface area contributed by atoms with E-state index in [1.54, 1.807) is 4.68 Å². The van der Waals surface area contributed by atoms with Crippen LogP contribution in [0.15, 0.2) is 65.7 Å². The number of nitrogens with one attached hydrogen (secondary N) is 1. The third-order valence-corrected chi connectivity index (χ3v) is 5.97. The third-order valence-electron chi connectivity index (χ3n) is 4.60. The molecule has 2 aromatic heterocycles. The van der Waals surface area contributed by atoms with Gasteiger partial charge in [-0.1, -0.05) is 36.1 Å². The molecule has 162 valence electrons. The molecular formula is C22H17F2N5O2S. The second-order valence-corrected chi connectivity index (χ2v) is 8.41. The maximum absolute atomic E-state index is 14.8. The van der Waals surface area contributed by atoms with Gasteiger partial charge in [0.1, 0.15) is 16.5 Å². The first-order chi connectivity index (χ1) is 15.4. The minimum Gasteiger partial charge on any atom is -0.320 e. The van der Waals surface area contributed by atoms with Crippen LogP contribution >= 0.6 is 0 Å². The zero-order chi connectivity index (χ0) is 22.7. The van der Waals surface area contributed by atoms with Crippen molar-refractivity contribution in [3.63, 3.8) is 0 Å². The minimum absolute atomic E-state index is 0.223. The summed E-state index contributed by atoms with van der Waals surface area (Å²) in [5.41, 5.74) is 7.49. The molecule has 7 nitrogen and oxygen atoms in total. The topological polar surface area (TPSA) is 103 Å². The van der Waals surface area contributed by atoms with Crippen molar-refractivity contribution >= 4 is 26.7 Å². The van der Waals surface area contributed by atoms with Crippen molar-refractivity contribution in [3.05, 3.63) is 83.7 Å². The first-order valence-corrected chi connectivity index (χ1v) is 10.9. The van der Waals surface area contributed by atoms with Gasteiger partial charge in [-0.15, -0.1) is 0 Å². The lowest BCUT2D eigenvalue weighted by Gasteiger charge is -2.10. The summed E-state index contributed by atoms with van der Waals surface area (Å²) in [6.45, 7) is 0.524. The van der Waals surface area contributed by atoms with Gasteiger partial charge in [-0.05, 0) is 29.8 Å². The summed E-state index contributed by atoms with van der Waals surface area (Å²) in [6, 6.07) is 13.3. The number of benzene rings is 2. The fourth-order valence-corrected chi connectivity index (χ4v) is 4.25. The van der Waals surface area contributed by atoms with Gasteiger partial charge in [-0.2, -0.15) is 9.49 Å². The number of fused-ring (bicyclic) bond motifs is 1. The number of hydrogen-bond acceptors (Lipinski definition) is 5. The van der Waals surface area contributed by atoms with E-state index in [-0.39, 0.29) is 12.4 Å². The van der Waals surface area contributed by atoms with Crippen LogP contribution in [0.5, 0.6) is 0 Å². The normalized spacial score (nSPS) is 11.2. The Morgan fingerprint density at radius 1 is 1.09 bits per heavy atom. The molecule has 0 bridgehead atoms. The fourth-order valence-electron chi connectivity index (χ4n) is 3.16. The highest BCUT2D eigenvalue weighted by Crippen LogP contribution is 2.25. The van der Waals surface area contributed by atoms with Crippen LogP contribution in [-0.4, -0.2) is 29.7 Å². The van der Waals surface area contributed by atoms with Crippen molar-refractivity contribution in [2.24, 2.45) is 5.73 Å². The van der Waals surface area contributed by atoms with Crippen LogP contribution < -0.4 is 10.5 Å². The molecule has 0 saturated heterocycles. The predicted octanol–water partition coefficient (Wildman–Crippen LogP) is 2.87. The average Bonchev–Trinajstić information content (AvgIpc) is 3.13. The number of aromatic nitrogens is 3. The monoisotopic (exact) mass is 453 g/mol. The average molecular weight is 453 g/mol. The van der Waals surface area contributed by atoms with Gasteiger partial charge >= 0.3 is 0 Å². The van der Waals surface area contributed by atoms with Crippen molar-refractivity contribution in [2.75, 3.05) is 11.3 Å². The molecule has 0 unspecified atom stereocenters. The lowest BCUT2D eigenvalue weighted by molar-refractivity contribution is 0.570. The maximum atomic E-state index is 14.8. The molecule has 4 aromatic rings. The molecular weight excluding hydrogens is 436 g/mol. The molecule has 4 rings (SSSR count). The predicted molar refractivity (Wildman–Crippen MR) is 116 cm³/mol. The molecule has 10 heteroatoms. The molecule has 0 aliphatic carbocycles. The van der Waals surface area contributed by atoms with Gasteiger partial charge in [-0.25, -0.2) is 17.8 Å². The van der Waals surface area contributed by atoms with Crippen LogP contribution in [-0.2, 0) is 16.6 Å². The molecule has 0 aliphatic heterocycles. The number of nitrogens with zero attached hydrogens (tertiary/aromatic N) is 3. The number of sulfonamides is 1. The Hall–Kier alpha value is -3.81. The van der Waals surface area contributed by atoms with Gasteiger partial charge in [0.05, 0.1) is 24.8 Å². The van der Waals surface area contributed by atoms with Crippen LogP contribution in [0.1, 0.15) is 11.1 Å².